The van der Waals surface area contributed by atoms with Gasteiger partial charge in [-0.3, -0.25) is 4.79 Å². The van der Waals surface area contributed by atoms with Crippen molar-refractivity contribution in [1.29, 1.82) is 0 Å². The van der Waals surface area contributed by atoms with E-state index in [-0.39, 0.29) is 42.7 Å². The molecule has 2 aromatic rings. The monoisotopic (exact) mass is 384 g/mol. The fourth-order valence-electron chi connectivity index (χ4n) is 3.19. The topological polar surface area (TPSA) is 71.2 Å². The lowest BCUT2D eigenvalue weighted by atomic mass is 10.1. The maximum Gasteiger partial charge on any atom is 0.223 e. The lowest BCUT2D eigenvalue weighted by Gasteiger charge is -2.16. The van der Waals surface area contributed by atoms with Crippen molar-refractivity contribution in [1.82, 2.24) is 10.3 Å². The van der Waals surface area contributed by atoms with Crippen LogP contribution in [0.1, 0.15) is 24.8 Å². The first kappa shape index (κ1) is 21.5. The fourth-order valence-corrected chi connectivity index (χ4v) is 3.19. The number of fused-ring (bicyclic) bond motifs is 1. The summed E-state index contributed by atoms with van der Waals surface area (Å²) in [5.74, 6) is 1.08. The number of anilines is 1. The molecule has 1 aliphatic rings. The first-order chi connectivity index (χ1) is 11.0. The van der Waals surface area contributed by atoms with Crippen LogP contribution in [0.15, 0.2) is 30.3 Å². The van der Waals surface area contributed by atoms with Crippen LogP contribution in [-0.4, -0.2) is 31.0 Å². The molecule has 1 aromatic heterocycles. The second kappa shape index (κ2) is 9.22. The highest BCUT2D eigenvalue weighted by Gasteiger charge is 2.27. The number of carbonyl (C=O) groups excluding carboxylic acids is 1. The SMILES string of the molecule is CN(C)c1cc(CNC(=O)C2CCC(N)C2)c2ccccc2n1.Cl.Cl. The van der Waals surface area contributed by atoms with Gasteiger partial charge in [-0.2, -0.15) is 0 Å². The van der Waals surface area contributed by atoms with Gasteiger partial charge < -0.3 is 16.0 Å². The van der Waals surface area contributed by atoms with Crippen LogP contribution in [-0.2, 0) is 11.3 Å². The number of aromatic nitrogens is 1. The van der Waals surface area contributed by atoms with E-state index < -0.39 is 0 Å². The van der Waals surface area contributed by atoms with Crippen LogP contribution >= 0.6 is 24.8 Å². The number of hydrogen-bond acceptors (Lipinski definition) is 4. The van der Waals surface area contributed by atoms with Crippen molar-refractivity contribution in [2.45, 2.75) is 31.8 Å². The number of hydrogen-bond donors (Lipinski definition) is 2. The minimum absolute atomic E-state index is 0. The molecule has 1 aromatic carbocycles. The lowest BCUT2D eigenvalue weighted by Crippen LogP contribution is -2.30. The van der Waals surface area contributed by atoms with Gasteiger partial charge in [-0.15, -0.1) is 24.8 Å². The van der Waals surface area contributed by atoms with E-state index in [1.807, 2.05) is 43.3 Å². The molecule has 0 radical (unpaired) electrons. The minimum atomic E-state index is 0. The van der Waals surface area contributed by atoms with Crippen LogP contribution in [0.5, 0.6) is 0 Å². The van der Waals surface area contributed by atoms with E-state index in [0.717, 1.165) is 41.5 Å². The zero-order valence-electron chi connectivity index (χ0n) is 14.6. The molecule has 1 saturated carbocycles. The second-order valence-electron chi connectivity index (χ2n) is 6.54. The summed E-state index contributed by atoms with van der Waals surface area (Å²) < 4.78 is 0. The van der Waals surface area contributed by atoms with Gasteiger partial charge in [0.1, 0.15) is 5.82 Å². The predicted molar refractivity (Wildman–Crippen MR) is 108 cm³/mol. The second-order valence-corrected chi connectivity index (χ2v) is 6.54. The third-order valence-corrected chi connectivity index (χ3v) is 4.54. The van der Waals surface area contributed by atoms with Gasteiger partial charge in [0.25, 0.3) is 0 Å². The summed E-state index contributed by atoms with van der Waals surface area (Å²) >= 11 is 0. The lowest BCUT2D eigenvalue weighted by molar-refractivity contribution is -0.125. The number of halogens is 2. The molecule has 0 bridgehead atoms. The van der Waals surface area contributed by atoms with E-state index in [4.69, 9.17) is 5.73 Å². The Morgan fingerprint density at radius 1 is 1.28 bits per heavy atom. The Labute approximate surface area is 161 Å². The van der Waals surface area contributed by atoms with Crippen molar-refractivity contribution in [3.63, 3.8) is 0 Å². The van der Waals surface area contributed by atoms with Gasteiger partial charge in [0.2, 0.25) is 5.91 Å². The van der Waals surface area contributed by atoms with Crippen molar-refractivity contribution in [3.05, 3.63) is 35.9 Å². The molecule has 2 atom stereocenters. The zero-order valence-corrected chi connectivity index (χ0v) is 16.2. The van der Waals surface area contributed by atoms with Crippen molar-refractivity contribution < 1.29 is 4.79 Å². The normalized spacial score (nSPS) is 19.0. The first-order valence-electron chi connectivity index (χ1n) is 8.14. The summed E-state index contributed by atoms with van der Waals surface area (Å²) in [6.45, 7) is 0.522. The average molecular weight is 385 g/mol. The Hall–Kier alpha value is -1.56. The van der Waals surface area contributed by atoms with Crippen molar-refractivity contribution in [3.8, 4) is 0 Å². The van der Waals surface area contributed by atoms with Crippen LogP contribution in [0, 0.1) is 5.92 Å². The number of amides is 1. The van der Waals surface area contributed by atoms with Crippen LogP contribution in [0.2, 0.25) is 0 Å². The zero-order chi connectivity index (χ0) is 16.4. The van der Waals surface area contributed by atoms with E-state index >= 15 is 0 Å². The molecule has 5 nitrogen and oxygen atoms in total. The average Bonchev–Trinajstić information content (AvgIpc) is 2.98. The molecule has 25 heavy (non-hydrogen) atoms. The van der Waals surface area contributed by atoms with Crippen LogP contribution in [0.25, 0.3) is 10.9 Å². The molecule has 0 saturated heterocycles. The van der Waals surface area contributed by atoms with Crippen molar-refractivity contribution in [2.75, 3.05) is 19.0 Å². The quantitative estimate of drug-likeness (QED) is 0.849. The highest BCUT2D eigenvalue weighted by molar-refractivity contribution is 5.86. The summed E-state index contributed by atoms with van der Waals surface area (Å²) in [4.78, 5) is 19.0. The van der Waals surface area contributed by atoms with Gasteiger partial charge in [-0.1, -0.05) is 18.2 Å². The Morgan fingerprint density at radius 3 is 2.64 bits per heavy atom. The number of pyridine rings is 1. The molecule has 3 rings (SSSR count). The number of nitrogens with two attached hydrogens (primary N) is 1. The standard InChI is InChI=1S/C18H24N4O.2ClH/c1-22(2)17-10-13(15-5-3-4-6-16(15)21-17)11-20-18(23)12-7-8-14(19)9-12;;/h3-6,10,12,14H,7-9,11,19H2,1-2H3,(H,20,23);2*1H. The van der Waals surface area contributed by atoms with E-state index in [1.54, 1.807) is 0 Å². The molecule has 0 spiro atoms. The molecule has 1 amide bonds. The Bertz CT molecular complexity index is 723. The smallest absolute Gasteiger partial charge is 0.223 e. The molecule has 3 N–H and O–H groups in total. The van der Waals surface area contributed by atoms with Crippen LogP contribution < -0.4 is 16.0 Å². The Balaban J connectivity index is 0.00000156. The Morgan fingerprint density at radius 2 is 2.00 bits per heavy atom. The van der Waals surface area contributed by atoms with Gasteiger partial charge in [0.15, 0.2) is 0 Å². The number of para-hydroxylation sites is 1. The van der Waals surface area contributed by atoms with Gasteiger partial charge >= 0.3 is 0 Å². The third-order valence-electron chi connectivity index (χ3n) is 4.54. The first-order valence-corrected chi connectivity index (χ1v) is 8.14. The van der Waals surface area contributed by atoms with E-state index in [2.05, 4.69) is 16.4 Å². The summed E-state index contributed by atoms with van der Waals surface area (Å²) in [6.07, 6.45) is 2.64. The van der Waals surface area contributed by atoms with Crippen molar-refractivity contribution >= 4 is 47.4 Å². The highest BCUT2D eigenvalue weighted by atomic mass is 35.5. The summed E-state index contributed by atoms with van der Waals surface area (Å²) in [5.41, 5.74) is 7.95. The summed E-state index contributed by atoms with van der Waals surface area (Å²) in [5, 5.41) is 4.16. The van der Waals surface area contributed by atoms with Gasteiger partial charge in [-0.05, 0) is 37.0 Å². The molecule has 0 aliphatic heterocycles. The molecule has 1 heterocycles. The van der Waals surface area contributed by atoms with Crippen LogP contribution in [0.3, 0.4) is 0 Å². The van der Waals surface area contributed by atoms with Gasteiger partial charge in [-0.25, -0.2) is 4.98 Å². The van der Waals surface area contributed by atoms with E-state index in [9.17, 15) is 4.79 Å². The molecule has 138 valence electrons. The maximum atomic E-state index is 12.3. The molecular formula is C18H26Cl2N4O. The predicted octanol–water partition coefficient (Wildman–Crippen LogP) is 2.89. The van der Waals surface area contributed by atoms with E-state index in [1.165, 1.54) is 0 Å². The minimum Gasteiger partial charge on any atom is -0.363 e. The summed E-state index contributed by atoms with van der Waals surface area (Å²) in [7, 11) is 3.94. The number of nitrogens with one attached hydrogen (secondary N) is 1. The van der Waals surface area contributed by atoms with Gasteiger partial charge in [0.05, 0.1) is 5.52 Å². The van der Waals surface area contributed by atoms with Crippen molar-refractivity contribution in [2.24, 2.45) is 11.7 Å². The third kappa shape index (κ3) is 4.97. The number of carbonyl (C=O) groups is 1. The highest BCUT2D eigenvalue weighted by Crippen LogP contribution is 2.25. The fraction of sp³-hybridized carbons (Fsp3) is 0.444. The molecule has 2 unspecified atom stereocenters. The molecule has 7 heteroatoms. The number of benzene rings is 1. The number of nitrogens with zero attached hydrogens (tertiary/aromatic N) is 2. The molecule has 1 fully saturated rings. The maximum absolute atomic E-state index is 12.3. The van der Waals surface area contributed by atoms with Crippen LogP contribution in [0.4, 0.5) is 5.82 Å². The Kier molecular flexibility index (Phi) is 7.93. The van der Waals surface area contributed by atoms with Gasteiger partial charge in [0, 0.05) is 38.0 Å². The van der Waals surface area contributed by atoms with E-state index in [0.29, 0.717) is 6.54 Å². The summed E-state index contributed by atoms with van der Waals surface area (Å²) in [6, 6.07) is 10.3. The largest absolute Gasteiger partial charge is 0.363 e. The molecular weight excluding hydrogens is 359 g/mol. The number of rotatable bonds is 4. The molecule has 1 aliphatic carbocycles.